The summed E-state index contributed by atoms with van der Waals surface area (Å²) in [6.45, 7) is 8.68. The highest BCUT2D eigenvalue weighted by atomic mass is 16.5. The van der Waals surface area contributed by atoms with E-state index in [1.165, 1.54) is 6.42 Å². The molecule has 1 aromatic carbocycles. The van der Waals surface area contributed by atoms with Crippen molar-refractivity contribution in [3.05, 3.63) is 29.8 Å². The molecule has 1 N–H and O–H groups in total. The molecule has 1 aliphatic heterocycles. The fourth-order valence-corrected chi connectivity index (χ4v) is 3.23. The molecule has 0 aliphatic carbocycles. The summed E-state index contributed by atoms with van der Waals surface area (Å²) in [5.41, 5.74) is 0.962. The van der Waals surface area contributed by atoms with Crippen molar-refractivity contribution in [3.63, 3.8) is 0 Å². The molecule has 1 fully saturated rings. The molecule has 1 heterocycles. The first-order valence-electron chi connectivity index (χ1n) is 7.57. The first kappa shape index (κ1) is 15.3. The molecule has 0 saturated carbocycles. The van der Waals surface area contributed by atoms with Crippen LogP contribution in [0.3, 0.4) is 0 Å². The van der Waals surface area contributed by atoms with E-state index < -0.39 is 6.10 Å². The molecule has 112 valence electrons. The van der Waals surface area contributed by atoms with Crippen molar-refractivity contribution < 1.29 is 9.84 Å². The summed E-state index contributed by atoms with van der Waals surface area (Å²) >= 11 is 0. The molecule has 3 nitrogen and oxygen atoms in total. The highest BCUT2D eigenvalue weighted by Crippen LogP contribution is 2.29. The summed E-state index contributed by atoms with van der Waals surface area (Å²) in [7, 11) is 1.66. The molecule has 0 radical (unpaired) electrons. The number of hydrogen-bond donors (Lipinski definition) is 1. The Morgan fingerprint density at radius 3 is 2.50 bits per heavy atom. The number of ether oxygens (including phenoxy) is 1. The zero-order chi connectivity index (χ0) is 14.7. The highest BCUT2D eigenvalue weighted by molar-refractivity contribution is 5.28. The van der Waals surface area contributed by atoms with E-state index in [2.05, 4.69) is 25.7 Å². The SMILES string of the molecule is COc1ccc(C(O)CN2CC(C)CC(C)C2C)cc1. The van der Waals surface area contributed by atoms with Gasteiger partial charge in [0.15, 0.2) is 0 Å². The van der Waals surface area contributed by atoms with Crippen LogP contribution in [0.15, 0.2) is 24.3 Å². The third kappa shape index (κ3) is 3.53. The minimum absolute atomic E-state index is 0.430. The van der Waals surface area contributed by atoms with Crippen LogP contribution in [0.1, 0.15) is 38.9 Å². The van der Waals surface area contributed by atoms with Crippen LogP contribution >= 0.6 is 0 Å². The summed E-state index contributed by atoms with van der Waals surface area (Å²) in [5.74, 6) is 2.24. The Morgan fingerprint density at radius 1 is 1.25 bits per heavy atom. The van der Waals surface area contributed by atoms with Gasteiger partial charge in [0.05, 0.1) is 13.2 Å². The number of nitrogens with zero attached hydrogens (tertiary/aromatic N) is 1. The van der Waals surface area contributed by atoms with Crippen LogP contribution < -0.4 is 4.74 Å². The number of aliphatic hydroxyl groups excluding tert-OH is 1. The molecule has 0 bridgehead atoms. The van der Waals surface area contributed by atoms with E-state index in [0.29, 0.717) is 24.4 Å². The summed E-state index contributed by atoms with van der Waals surface area (Å²) < 4.78 is 5.15. The number of benzene rings is 1. The molecule has 1 saturated heterocycles. The quantitative estimate of drug-likeness (QED) is 0.918. The lowest BCUT2D eigenvalue weighted by molar-refractivity contribution is 0.0315. The van der Waals surface area contributed by atoms with E-state index in [1.807, 2.05) is 24.3 Å². The first-order chi connectivity index (χ1) is 9.51. The number of rotatable bonds is 4. The van der Waals surface area contributed by atoms with Gasteiger partial charge in [-0.25, -0.2) is 0 Å². The van der Waals surface area contributed by atoms with Gasteiger partial charge in [-0.3, -0.25) is 4.90 Å². The molecule has 2 rings (SSSR count). The monoisotopic (exact) mass is 277 g/mol. The topological polar surface area (TPSA) is 32.7 Å². The minimum atomic E-state index is -0.430. The Balaban J connectivity index is 2.00. The predicted octanol–water partition coefficient (Wildman–Crippen LogP) is 3.10. The smallest absolute Gasteiger partial charge is 0.118 e. The molecule has 4 unspecified atom stereocenters. The van der Waals surface area contributed by atoms with Gasteiger partial charge in [0.2, 0.25) is 0 Å². The van der Waals surface area contributed by atoms with Crippen molar-refractivity contribution in [2.24, 2.45) is 11.8 Å². The predicted molar refractivity (Wildman–Crippen MR) is 81.9 cm³/mol. The van der Waals surface area contributed by atoms with Crippen LogP contribution in [-0.2, 0) is 0 Å². The zero-order valence-corrected chi connectivity index (χ0v) is 13.0. The number of β-amino-alcohol motifs (C(OH)–C–C–N with tert-alkyl or cyclic N) is 1. The molecule has 0 amide bonds. The molecule has 4 atom stereocenters. The average Bonchev–Trinajstić information content (AvgIpc) is 2.44. The van der Waals surface area contributed by atoms with Crippen molar-refractivity contribution in [3.8, 4) is 5.75 Å². The zero-order valence-electron chi connectivity index (χ0n) is 13.0. The van der Waals surface area contributed by atoms with Crippen LogP contribution in [0.25, 0.3) is 0 Å². The Hall–Kier alpha value is -1.06. The van der Waals surface area contributed by atoms with Crippen LogP contribution in [0.5, 0.6) is 5.75 Å². The van der Waals surface area contributed by atoms with Gasteiger partial charge in [-0.1, -0.05) is 26.0 Å². The summed E-state index contributed by atoms with van der Waals surface area (Å²) in [6.07, 6.45) is 0.858. The maximum Gasteiger partial charge on any atom is 0.118 e. The fourth-order valence-electron chi connectivity index (χ4n) is 3.23. The van der Waals surface area contributed by atoms with Gasteiger partial charge in [-0.05, 0) is 42.9 Å². The summed E-state index contributed by atoms with van der Waals surface area (Å²) in [5, 5.41) is 10.4. The molecule has 1 aliphatic rings. The molecule has 0 spiro atoms. The second kappa shape index (κ2) is 6.59. The van der Waals surface area contributed by atoms with Gasteiger partial charge in [0.1, 0.15) is 5.75 Å². The molecular weight excluding hydrogens is 250 g/mol. The number of piperidine rings is 1. The normalized spacial score (nSPS) is 29.1. The van der Waals surface area contributed by atoms with Crippen molar-refractivity contribution >= 4 is 0 Å². The van der Waals surface area contributed by atoms with Gasteiger partial charge >= 0.3 is 0 Å². The Labute approximate surface area is 122 Å². The summed E-state index contributed by atoms with van der Waals surface area (Å²) in [4.78, 5) is 2.42. The first-order valence-corrected chi connectivity index (χ1v) is 7.57. The molecule has 3 heteroatoms. The Morgan fingerprint density at radius 2 is 1.90 bits per heavy atom. The number of aliphatic hydroxyl groups is 1. The molecule has 0 aromatic heterocycles. The maximum absolute atomic E-state index is 10.4. The van der Waals surface area contributed by atoms with Gasteiger partial charge < -0.3 is 9.84 Å². The molecular formula is C17H27NO2. The van der Waals surface area contributed by atoms with E-state index >= 15 is 0 Å². The Bertz CT molecular complexity index is 418. The van der Waals surface area contributed by atoms with E-state index in [4.69, 9.17) is 4.74 Å². The second-order valence-corrected chi connectivity index (χ2v) is 6.30. The fraction of sp³-hybridized carbons (Fsp3) is 0.647. The maximum atomic E-state index is 10.4. The lowest BCUT2D eigenvalue weighted by Crippen LogP contribution is -2.47. The van der Waals surface area contributed by atoms with Crippen LogP contribution in [0.4, 0.5) is 0 Å². The van der Waals surface area contributed by atoms with Crippen molar-refractivity contribution in [1.82, 2.24) is 4.90 Å². The standard InChI is InChI=1S/C17H27NO2/c1-12-9-13(2)14(3)18(10-12)11-17(19)15-5-7-16(20-4)8-6-15/h5-8,12-14,17,19H,9-11H2,1-4H3. The third-order valence-corrected chi connectivity index (χ3v) is 4.63. The number of methoxy groups -OCH3 is 1. The van der Waals surface area contributed by atoms with Crippen molar-refractivity contribution in [1.29, 1.82) is 0 Å². The summed E-state index contributed by atoms with van der Waals surface area (Å²) in [6, 6.07) is 8.25. The van der Waals surface area contributed by atoms with E-state index in [-0.39, 0.29) is 0 Å². The highest BCUT2D eigenvalue weighted by Gasteiger charge is 2.29. The largest absolute Gasteiger partial charge is 0.497 e. The lowest BCUT2D eigenvalue weighted by atomic mass is 9.85. The van der Waals surface area contributed by atoms with Crippen LogP contribution in [-0.4, -0.2) is 36.2 Å². The van der Waals surface area contributed by atoms with Gasteiger partial charge in [-0.15, -0.1) is 0 Å². The van der Waals surface area contributed by atoms with Crippen molar-refractivity contribution in [2.45, 2.75) is 39.3 Å². The van der Waals surface area contributed by atoms with Crippen molar-refractivity contribution in [2.75, 3.05) is 20.2 Å². The number of likely N-dealkylation sites (tertiary alicyclic amines) is 1. The number of hydrogen-bond acceptors (Lipinski definition) is 3. The van der Waals surface area contributed by atoms with Gasteiger partial charge in [0.25, 0.3) is 0 Å². The van der Waals surface area contributed by atoms with Gasteiger partial charge in [-0.2, -0.15) is 0 Å². The average molecular weight is 277 g/mol. The van der Waals surface area contributed by atoms with Gasteiger partial charge in [0, 0.05) is 19.1 Å². The van der Waals surface area contributed by atoms with Crippen LogP contribution in [0, 0.1) is 11.8 Å². The molecule has 20 heavy (non-hydrogen) atoms. The van der Waals surface area contributed by atoms with E-state index in [9.17, 15) is 5.11 Å². The van der Waals surface area contributed by atoms with E-state index in [0.717, 1.165) is 17.9 Å². The van der Waals surface area contributed by atoms with E-state index in [1.54, 1.807) is 7.11 Å². The minimum Gasteiger partial charge on any atom is -0.497 e. The van der Waals surface area contributed by atoms with Crippen LogP contribution in [0.2, 0.25) is 0 Å². The lowest BCUT2D eigenvalue weighted by Gasteiger charge is -2.42. The Kier molecular flexibility index (Phi) is 5.06. The third-order valence-electron chi connectivity index (χ3n) is 4.63. The second-order valence-electron chi connectivity index (χ2n) is 6.30. The molecule has 1 aromatic rings.